The Morgan fingerprint density at radius 2 is 1.54 bits per heavy atom. The van der Waals surface area contributed by atoms with Crippen LogP contribution >= 0.6 is 24.8 Å². The standard InChI is InChI=1S/C21H25N3.2ClH/c1-16-9-8-10-17(2)19(16)21-20(18-11-4-3-5-12-18)23-15-24(21)14-7-6-13-22;;/h3-5,8-12,15H,6-7,13-14,22H2,1-2H3;2*1H. The van der Waals surface area contributed by atoms with Crippen molar-refractivity contribution in [3.63, 3.8) is 0 Å². The first-order valence-electron chi connectivity index (χ1n) is 8.59. The van der Waals surface area contributed by atoms with E-state index < -0.39 is 0 Å². The number of benzene rings is 2. The maximum atomic E-state index is 5.66. The molecule has 1 heterocycles. The molecule has 140 valence electrons. The third-order valence-electron chi connectivity index (χ3n) is 4.46. The summed E-state index contributed by atoms with van der Waals surface area (Å²) in [6.07, 6.45) is 4.07. The van der Waals surface area contributed by atoms with Crippen molar-refractivity contribution in [1.29, 1.82) is 0 Å². The molecule has 0 spiro atoms. The largest absolute Gasteiger partial charge is 0.330 e. The summed E-state index contributed by atoms with van der Waals surface area (Å²) in [5, 5.41) is 0. The van der Waals surface area contributed by atoms with Crippen LogP contribution in [0.25, 0.3) is 22.5 Å². The minimum Gasteiger partial charge on any atom is -0.330 e. The van der Waals surface area contributed by atoms with E-state index in [4.69, 9.17) is 10.7 Å². The first-order chi connectivity index (χ1) is 11.7. The van der Waals surface area contributed by atoms with E-state index in [2.05, 4.69) is 60.9 Å². The van der Waals surface area contributed by atoms with Crippen LogP contribution in [-0.2, 0) is 6.54 Å². The fraction of sp³-hybridized carbons (Fsp3) is 0.286. The van der Waals surface area contributed by atoms with Gasteiger partial charge in [-0.05, 0) is 44.4 Å². The van der Waals surface area contributed by atoms with Crippen molar-refractivity contribution >= 4 is 24.8 Å². The minimum atomic E-state index is 0. The van der Waals surface area contributed by atoms with Gasteiger partial charge in [-0.15, -0.1) is 24.8 Å². The lowest BCUT2D eigenvalue weighted by Crippen LogP contribution is -2.05. The average molecular weight is 392 g/mol. The van der Waals surface area contributed by atoms with Gasteiger partial charge in [0, 0.05) is 17.7 Å². The summed E-state index contributed by atoms with van der Waals surface area (Å²) in [7, 11) is 0. The van der Waals surface area contributed by atoms with Crippen molar-refractivity contribution < 1.29 is 0 Å². The number of nitrogens with two attached hydrogens (primary N) is 1. The summed E-state index contributed by atoms with van der Waals surface area (Å²) in [6, 6.07) is 16.9. The molecule has 2 N–H and O–H groups in total. The van der Waals surface area contributed by atoms with Crippen LogP contribution in [0.1, 0.15) is 24.0 Å². The van der Waals surface area contributed by atoms with Crippen molar-refractivity contribution in [2.45, 2.75) is 33.2 Å². The lowest BCUT2D eigenvalue weighted by atomic mass is 9.96. The van der Waals surface area contributed by atoms with Gasteiger partial charge in [-0.2, -0.15) is 0 Å². The van der Waals surface area contributed by atoms with E-state index in [1.165, 1.54) is 22.4 Å². The predicted molar refractivity (Wildman–Crippen MR) is 115 cm³/mol. The number of aromatic nitrogens is 2. The third-order valence-corrected chi connectivity index (χ3v) is 4.46. The molecule has 5 heteroatoms. The minimum absolute atomic E-state index is 0. The molecule has 0 fully saturated rings. The highest BCUT2D eigenvalue weighted by Gasteiger charge is 2.18. The number of nitrogens with zero attached hydrogens (tertiary/aromatic N) is 2. The lowest BCUT2D eigenvalue weighted by molar-refractivity contribution is 0.618. The van der Waals surface area contributed by atoms with Gasteiger partial charge < -0.3 is 10.3 Å². The number of imidazole rings is 1. The molecule has 0 bridgehead atoms. The van der Waals surface area contributed by atoms with Crippen LogP contribution in [0.2, 0.25) is 0 Å². The second-order valence-electron chi connectivity index (χ2n) is 6.26. The second kappa shape index (κ2) is 10.4. The van der Waals surface area contributed by atoms with Crippen LogP contribution in [0.15, 0.2) is 54.9 Å². The number of hydrogen-bond acceptors (Lipinski definition) is 2. The van der Waals surface area contributed by atoms with Crippen molar-refractivity contribution in [1.82, 2.24) is 9.55 Å². The fourth-order valence-corrected chi connectivity index (χ4v) is 3.24. The molecule has 0 radical (unpaired) electrons. The molecule has 1 aromatic heterocycles. The lowest BCUT2D eigenvalue weighted by Gasteiger charge is -2.15. The first kappa shape index (κ1) is 22.2. The summed E-state index contributed by atoms with van der Waals surface area (Å²) in [6.45, 7) is 6.03. The van der Waals surface area contributed by atoms with Gasteiger partial charge in [0.2, 0.25) is 0 Å². The molecule has 0 amide bonds. The summed E-state index contributed by atoms with van der Waals surface area (Å²) in [5.74, 6) is 0. The molecule has 0 saturated heterocycles. The van der Waals surface area contributed by atoms with Crippen molar-refractivity contribution in [3.05, 3.63) is 66.0 Å². The highest BCUT2D eigenvalue weighted by atomic mass is 35.5. The number of aryl methyl sites for hydroxylation is 3. The number of halogens is 2. The molecule has 0 saturated carbocycles. The monoisotopic (exact) mass is 391 g/mol. The first-order valence-corrected chi connectivity index (χ1v) is 8.59. The highest BCUT2D eigenvalue weighted by molar-refractivity contribution is 5.85. The molecular weight excluding hydrogens is 365 g/mol. The molecule has 3 rings (SSSR count). The SMILES string of the molecule is Cc1cccc(C)c1-c1c(-c2ccccc2)ncn1CCCCN.Cl.Cl. The molecule has 3 aromatic rings. The van der Waals surface area contributed by atoms with Crippen LogP contribution in [0.4, 0.5) is 0 Å². The Morgan fingerprint density at radius 1 is 0.885 bits per heavy atom. The zero-order valence-corrected chi connectivity index (χ0v) is 16.9. The third kappa shape index (κ3) is 4.67. The predicted octanol–water partition coefficient (Wildman–Crippen LogP) is 5.42. The maximum Gasteiger partial charge on any atom is 0.0963 e. The smallest absolute Gasteiger partial charge is 0.0963 e. The summed E-state index contributed by atoms with van der Waals surface area (Å²) < 4.78 is 2.29. The molecule has 0 aliphatic carbocycles. The van der Waals surface area contributed by atoms with Crippen LogP contribution in [0.3, 0.4) is 0 Å². The van der Waals surface area contributed by atoms with E-state index in [-0.39, 0.29) is 24.8 Å². The molecule has 0 atom stereocenters. The topological polar surface area (TPSA) is 43.8 Å². The van der Waals surface area contributed by atoms with Crippen molar-refractivity contribution in [2.75, 3.05) is 6.54 Å². The van der Waals surface area contributed by atoms with Crippen LogP contribution in [0.5, 0.6) is 0 Å². The van der Waals surface area contributed by atoms with Crippen LogP contribution in [0, 0.1) is 13.8 Å². The summed E-state index contributed by atoms with van der Waals surface area (Å²) in [5.41, 5.74) is 13.0. The summed E-state index contributed by atoms with van der Waals surface area (Å²) in [4.78, 5) is 4.76. The van der Waals surface area contributed by atoms with Gasteiger partial charge in [-0.3, -0.25) is 0 Å². The average Bonchev–Trinajstić information content (AvgIpc) is 2.99. The normalized spacial score (nSPS) is 10.1. The van der Waals surface area contributed by atoms with Gasteiger partial charge in [0.05, 0.1) is 17.7 Å². The van der Waals surface area contributed by atoms with Crippen molar-refractivity contribution in [3.8, 4) is 22.5 Å². The summed E-state index contributed by atoms with van der Waals surface area (Å²) >= 11 is 0. The highest BCUT2D eigenvalue weighted by Crippen LogP contribution is 2.35. The second-order valence-corrected chi connectivity index (χ2v) is 6.26. The van der Waals surface area contributed by atoms with Gasteiger partial charge in [-0.25, -0.2) is 4.98 Å². The van der Waals surface area contributed by atoms with Gasteiger partial charge in [-0.1, -0.05) is 48.5 Å². The van der Waals surface area contributed by atoms with Gasteiger partial charge in [0.15, 0.2) is 0 Å². The molecule has 0 aliphatic rings. The van der Waals surface area contributed by atoms with E-state index in [9.17, 15) is 0 Å². The molecule has 26 heavy (non-hydrogen) atoms. The van der Waals surface area contributed by atoms with Crippen LogP contribution < -0.4 is 5.73 Å². The molecular formula is C21H27Cl2N3. The van der Waals surface area contributed by atoms with Crippen LogP contribution in [-0.4, -0.2) is 16.1 Å². The molecule has 0 aliphatic heterocycles. The Balaban J connectivity index is 0.00000169. The Bertz CT molecular complexity index is 793. The van der Waals surface area contributed by atoms with E-state index in [1.807, 2.05) is 12.4 Å². The number of hydrogen-bond donors (Lipinski definition) is 1. The number of rotatable bonds is 6. The van der Waals surface area contributed by atoms with Gasteiger partial charge in [0.1, 0.15) is 0 Å². The van der Waals surface area contributed by atoms with E-state index in [0.717, 1.165) is 37.2 Å². The molecule has 0 unspecified atom stereocenters. The van der Waals surface area contributed by atoms with E-state index in [1.54, 1.807) is 0 Å². The molecule has 2 aromatic carbocycles. The van der Waals surface area contributed by atoms with E-state index in [0.29, 0.717) is 0 Å². The Hall–Kier alpha value is -1.81. The van der Waals surface area contributed by atoms with E-state index >= 15 is 0 Å². The zero-order valence-electron chi connectivity index (χ0n) is 15.3. The van der Waals surface area contributed by atoms with Crippen molar-refractivity contribution in [2.24, 2.45) is 5.73 Å². The number of unbranched alkanes of at least 4 members (excludes halogenated alkanes) is 1. The fourth-order valence-electron chi connectivity index (χ4n) is 3.24. The maximum absolute atomic E-state index is 5.66. The zero-order chi connectivity index (χ0) is 16.9. The Kier molecular flexibility index (Phi) is 8.86. The Labute approximate surface area is 168 Å². The van der Waals surface area contributed by atoms with Gasteiger partial charge >= 0.3 is 0 Å². The molecule has 3 nitrogen and oxygen atoms in total. The quantitative estimate of drug-likeness (QED) is 0.570. The van der Waals surface area contributed by atoms with Gasteiger partial charge in [0.25, 0.3) is 0 Å². The Morgan fingerprint density at radius 3 is 2.15 bits per heavy atom.